The summed E-state index contributed by atoms with van der Waals surface area (Å²) in [6, 6.07) is 0. The molecule has 2 atom stereocenters. The molecule has 128 valence electrons. The molecule has 0 bridgehead atoms. The van der Waals surface area contributed by atoms with E-state index in [1.807, 2.05) is 20.8 Å². The molecule has 0 spiro atoms. The van der Waals surface area contributed by atoms with Crippen molar-refractivity contribution in [1.29, 1.82) is 0 Å². The van der Waals surface area contributed by atoms with Crippen LogP contribution in [-0.4, -0.2) is 48.3 Å². The maximum Gasteiger partial charge on any atom is 0.391 e. The van der Waals surface area contributed by atoms with Gasteiger partial charge < -0.3 is 15.4 Å². The van der Waals surface area contributed by atoms with Gasteiger partial charge in [-0.1, -0.05) is 13.8 Å². The van der Waals surface area contributed by atoms with Gasteiger partial charge in [0, 0.05) is 31.5 Å². The van der Waals surface area contributed by atoms with E-state index in [9.17, 15) is 18.0 Å². The highest BCUT2D eigenvalue weighted by atomic mass is 19.4. The molecule has 7 heteroatoms. The van der Waals surface area contributed by atoms with Crippen LogP contribution >= 0.6 is 0 Å². The Labute approximate surface area is 129 Å². The Bertz CT molecular complexity index is 431. The highest BCUT2D eigenvalue weighted by Crippen LogP contribution is 2.51. The van der Waals surface area contributed by atoms with Crippen molar-refractivity contribution < 1.29 is 22.7 Å². The zero-order chi connectivity index (χ0) is 16.8. The molecule has 1 saturated heterocycles. The lowest BCUT2D eigenvalue weighted by atomic mass is 9.54. The normalized spacial score (nSPS) is 32.7. The number of halogens is 3. The van der Waals surface area contributed by atoms with Gasteiger partial charge in [0.25, 0.3) is 0 Å². The average molecular weight is 322 g/mol. The minimum atomic E-state index is -4.18. The first kappa shape index (κ1) is 17.5. The Morgan fingerprint density at radius 3 is 2.27 bits per heavy atom. The molecule has 0 aromatic rings. The Morgan fingerprint density at radius 2 is 1.86 bits per heavy atom. The molecule has 2 fully saturated rings. The fourth-order valence-electron chi connectivity index (χ4n) is 3.49. The Hall–Kier alpha value is -0.820. The minimum absolute atomic E-state index is 0.0410. The number of piperidine rings is 1. The third-order valence-corrected chi connectivity index (χ3v) is 5.46. The van der Waals surface area contributed by atoms with Gasteiger partial charge in [-0.15, -0.1) is 0 Å². The molecule has 1 aliphatic carbocycles. The quantitative estimate of drug-likeness (QED) is 0.867. The minimum Gasteiger partial charge on any atom is -0.378 e. The van der Waals surface area contributed by atoms with E-state index in [4.69, 9.17) is 10.5 Å². The van der Waals surface area contributed by atoms with Crippen molar-refractivity contribution in [2.45, 2.75) is 57.9 Å². The van der Waals surface area contributed by atoms with Crippen LogP contribution in [0.3, 0.4) is 0 Å². The zero-order valence-electron chi connectivity index (χ0n) is 13.4. The van der Waals surface area contributed by atoms with Gasteiger partial charge in [-0.25, -0.2) is 0 Å². The van der Waals surface area contributed by atoms with Crippen LogP contribution in [-0.2, 0) is 9.53 Å². The highest BCUT2D eigenvalue weighted by Gasteiger charge is 2.64. The first-order valence-corrected chi connectivity index (χ1v) is 7.80. The van der Waals surface area contributed by atoms with Crippen LogP contribution in [0.15, 0.2) is 0 Å². The number of carbonyl (C=O) groups is 1. The van der Waals surface area contributed by atoms with Crippen LogP contribution in [0.5, 0.6) is 0 Å². The van der Waals surface area contributed by atoms with Gasteiger partial charge in [0.15, 0.2) is 0 Å². The van der Waals surface area contributed by atoms with Crippen LogP contribution < -0.4 is 5.73 Å². The Morgan fingerprint density at radius 1 is 1.32 bits per heavy atom. The van der Waals surface area contributed by atoms with E-state index in [0.717, 1.165) is 0 Å². The van der Waals surface area contributed by atoms with Crippen molar-refractivity contribution in [2.75, 3.05) is 19.7 Å². The van der Waals surface area contributed by atoms with Gasteiger partial charge in [0.05, 0.1) is 12.0 Å². The van der Waals surface area contributed by atoms with Crippen molar-refractivity contribution in [3.8, 4) is 0 Å². The van der Waals surface area contributed by atoms with Crippen LogP contribution in [0.4, 0.5) is 13.2 Å². The number of likely N-dealkylation sites (tertiary alicyclic amines) is 1. The fourth-order valence-corrected chi connectivity index (χ4v) is 3.49. The average Bonchev–Trinajstić information content (AvgIpc) is 2.45. The molecule has 0 radical (unpaired) electrons. The second-order valence-corrected chi connectivity index (χ2v) is 6.95. The second-order valence-electron chi connectivity index (χ2n) is 6.95. The molecule has 2 aliphatic rings. The van der Waals surface area contributed by atoms with Crippen molar-refractivity contribution in [3.05, 3.63) is 0 Å². The lowest BCUT2D eigenvalue weighted by molar-refractivity contribution is -0.194. The summed E-state index contributed by atoms with van der Waals surface area (Å²) >= 11 is 0. The number of nitrogens with zero attached hydrogens (tertiary/aromatic N) is 1. The van der Waals surface area contributed by atoms with Crippen LogP contribution in [0.1, 0.15) is 40.0 Å². The van der Waals surface area contributed by atoms with Gasteiger partial charge in [0.2, 0.25) is 5.91 Å². The predicted molar refractivity (Wildman–Crippen MR) is 76.1 cm³/mol. The topological polar surface area (TPSA) is 55.6 Å². The molecule has 2 unspecified atom stereocenters. The lowest BCUT2D eigenvalue weighted by Gasteiger charge is -2.59. The van der Waals surface area contributed by atoms with E-state index in [1.54, 1.807) is 0 Å². The number of amides is 1. The van der Waals surface area contributed by atoms with E-state index in [2.05, 4.69) is 0 Å². The third kappa shape index (κ3) is 2.73. The molecule has 1 saturated carbocycles. The number of hydrogen-bond acceptors (Lipinski definition) is 3. The summed E-state index contributed by atoms with van der Waals surface area (Å²) < 4.78 is 43.7. The maximum atomic E-state index is 12.7. The monoisotopic (exact) mass is 322 g/mol. The van der Waals surface area contributed by atoms with Gasteiger partial charge in [-0.05, 0) is 19.8 Å². The summed E-state index contributed by atoms with van der Waals surface area (Å²) in [5.74, 6) is -1.55. The van der Waals surface area contributed by atoms with E-state index in [0.29, 0.717) is 13.0 Å². The van der Waals surface area contributed by atoms with E-state index >= 15 is 0 Å². The molecule has 1 aliphatic heterocycles. The first-order chi connectivity index (χ1) is 10.0. The van der Waals surface area contributed by atoms with Crippen molar-refractivity contribution in [3.63, 3.8) is 0 Å². The number of carbonyl (C=O) groups excluding carboxylic acids is 1. The standard InChI is InChI=1S/C15H25F3N2O2/c1-4-22-11-9-14(19,13(11,2)3)12(21)20-7-5-10(6-8-20)15(16,17)18/h10-11H,4-9,19H2,1-3H3. The molecule has 0 aromatic carbocycles. The third-order valence-electron chi connectivity index (χ3n) is 5.46. The first-order valence-electron chi connectivity index (χ1n) is 7.80. The Kier molecular flexibility index (Phi) is 4.52. The number of ether oxygens (including phenoxy) is 1. The molecule has 4 nitrogen and oxygen atoms in total. The van der Waals surface area contributed by atoms with Crippen LogP contribution in [0.25, 0.3) is 0 Å². The van der Waals surface area contributed by atoms with Gasteiger partial charge in [-0.2, -0.15) is 13.2 Å². The Balaban J connectivity index is 1.99. The summed E-state index contributed by atoms with van der Waals surface area (Å²) in [5.41, 5.74) is 4.75. The van der Waals surface area contributed by atoms with Crippen molar-refractivity contribution in [2.24, 2.45) is 17.1 Å². The number of hydrogen-bond donors (Lipinski definition) is 1. The molecule has 2 N–H and O–H groups in total. The molecule has 22 heavy (non-hydrogen) atoms. The molecule has 1 amide bonds. The summed E-state index contributed by atoms with van der Waals surface area (Å²) in [5, 5.41) is 0. The molecular weight excluding hydrogens is 297 g/mol. The van der Waals surface area contributed by atoms with E-state index < -0.39 is 23.0 Å². The molecular formula is C15H25F3N2O2. The lowest BCUT2D eigenvalue weighted by Crippen LogP contribution is -2.76. The largest absolute Gasteiger partial charge is 0.391 e. The summed E-state index contributed by atoms with van der Waals surface area (Å²) in [6.07, 6.45) is -3.92. The van der Waals surface area contributed by atoms with Gasteiger partial charge in [0.1, 0.15) is 5.54 Å². The predicted octanol–water partition coefficient (Wildman–Crippen LogP) is 2.32. The highest BCUT2D eigenvalue weighted by molar-refractivity contribution is 5.89. The second kappa shape index (κ2) is 5.67. The van der Waals surface area contributed by atoms with Crippen molar-refractivity contribution >= 4 is 5.91 Å². The SMILES string of the molecule is CCOC1CC(N)(C(=O)N2CCC(C(F)(F)F)CC2)C1(C)C. The zero-order valence-corrected chi connectivity index (χ0v) is 13.4. The van der Waals surface area contributed by atoms with Gasteiger partial charge >= 0.3 is 6.18 Å². The molecule has 0 aromatic heterocycles. The van der Waals surface area contributed by atoms with Crippen molar-refractivity contribution in [1.82, 2.24) is 4.90 Å². The number of nitrogens with two attached hydrogens (primary N) is 1. The smallest absolute Gasteiger partial charge is 0.378 e. The van der Waals surface area contributed by atoms with Gasteiger partial charge in [-0.3, -0.25) is 4.79 Å². The maximum absolute atomic E-state index is 12.7. The summed E-state index contributed by atoms with van der Waals surface area (Å²) in [4.78, 5) is 14.2. The van der Waals surface area contributed by atoms with E-state index in [1.165, 1.54) is 4.90 Å². The molecule has 1 heterocycles. The summed E-state index contributed by atoms with van der Waals surface area (Å²) in [7, 11) is 0. The summed E-state index contributed by atoms with van der Waals surface area (Å²) in [6.45, 7) is 6.45. The van der Waals surface area contributed by atoms with Crippen LogP contribution in [0, 0.1) is 11.3 Å². The fraction of sp³-hybridized carbons (Fsp3) is 0.933. The number of alkyl halides is 3. The molecule has 2 rings (SSSR count). The van der Waals surface area contributed by atoms with Crippen LogP contribution in [0.2, 0.25) is 0 Å². The number of rotatable bonds is 3. The van der Waals surface area contributed by atoms with E-state index in [-0.39, 0.29) is 37.9 Å².